The van der Waals surface area contributed by atoms with E-state index in [0.29, 0.717) is 11.6 Å². The van der Waals surface area contributed by atoms with Gasteiger partial charge in [0.1, 0.15) is 17.2 Å². The zero-order valence-electron chi connectivity index (χ0n) is 17.8. The van der Waals surface area contributed by atoms with Gasteiger partial charge in [0.15, 0.2) is 5.65 Å². The van der Waals surface area contributed by atoms with Crippen LogP contribution in [0, 0.1) is 5.82 Å². The van der Waals surface area contributed by atoms with Gasteiger partial charge in [-0.05, 0) is 54.8 Å². The highest BCUT2D eigenvalue weighted by Gasteiger charge is 2.23. The zero-order chi connectivity index (χ0) is 21.9. The van der Waals surface area contributed by atoms with Gasteiger partial charge in [-0.2, -0.15) is 0 Å². The van der Waals surface area contributed by atoms with Gasteiger partial charge in [0, 0.05) is 29.9 Å². The molecule has 1 aliphatic carbocycles. The minimum absolute atomic E-state index is 0.191. The fourth-order valence-electron chi connectivity index (χ4n) is 4.52. The van der Waals surface area contributed by atoms with Crippen LogP contribution in [0.1, 0.15) is 54.1 Å². The van der Waals surface area contributed by atoms with E-state index in [1.54, 1.807) is 12.1 Å². The van der Waals surface area contributed by atoms with E-state index in [9.17, 15) is 9.18 Å². The van der Waals surface area contributed by atoms with Crippen LogP contribution in [0.3, 0.4) is 0 Å². The van der Waals surface area contributed by atoms with Crippen LogP contribution in [0.5, 0.6) is 0 Å². The molecule has 0 aliphatic heterocycles. The SMILES string of the molecule is O=C(NCc1cccc(F)c1)c1ccc(-c2nc3cccnc3n2C2CCCCC2)cc1. The van der Waals surface area contributed by atoms with Crippen molar-refractivity contribution in [1.29, 1.82) is 0 Å². The van der Waals surface area contributed by atoms with E-state index in [1.165, 1.54) is 31.4 Å². The van der Waals surface area contributed by atoms with E-state index in [1.807, 2.05) is 42.6 Å². The van der Waals surface area contributed by atoms with Gasteiger partial charge in [-0.15, -0.1) is 0 Å². The van der Waals surface area contributed by atoms with Crippen molar-refractivity contribution in [2.24, 2.45) is 0 Å². The molecule has 2 aromatic carbocycles. The van der Waals surface area contributed by atoms with Crippen LogP contribution in [-0.4, -0.2) is 20.4 Å². The number of imidazole rings is 1. The highest BCUT2D eigenvalue weighted by Crippen LogP contribution is 2.35. The first-order valence-electron chi connectivity index (χ1n) is 11.1. The lowest BCUT2D eigenvalue weighted by Gasteiger charge is -2.25. The molecule has 162 valence electrons. The Balaban J connectivity index is 1.39. The number of nitrogens with zero attached hydrogens (tertiary/aromatic N) is 3. The number of carbonyl (C=O) groups excluding carboxylic acids is 1. The minimum Gasteiger partial charge on any atom is -0.348 e. The van der Waals surface area contributed by atoms with Crippen molar-refractivity contribution in [2.75, 3.05) is 0 Å². The molecule has 1 fully saturated rings. The second-order valence-corrected chi connectivity index (χ2v) is 8.33. The Hall–Kier alpha value is -3.54. The number of hydrogen-bond acceptors (Lipinski definition) is 3. The highest BCUT2D eigenvalue weighted by molar-refractivity contribution is 5.94. The predicted octanol–water partition coefficient (Wildman–Crippen LogP) is 5.67. The molecule has 0 unspecified atom stereocenters. The van der Waals surface area contributed by atoms with Crippen molar-refractivity contribution in [3.05, 3.63) is 83.8 Å². The van der Waals surface area contributed by atoms with Gasteiger partial charge in [0.2, 0.25) is 0 Å². The van der Waals surface area contributed by atoms with Crippen LogP contribution < -0.4 is 5.32 Å². The first-order chi connectivity index (χ1) is 15.7. The number of amides is 1. The van der Waals surface area contributed by atoms with Gasteiger partial charge in [0.25, 0.3) is 5.91 Å². The van der Waals surface area contributed by atoms with Gasteiger partial charge in [-0.3, -0.25) is 4.79 Å². The number of fused-ring (bicyclic) bond motifs is 1. The molecule has 6 heteroatoms. The third-order valence-corrected chi connectivity index (χ3v) is 6.14. The maximum absolute atomic E-state index is 13.3. The van der Waals surface area contributed by atoms with Crippen LogP contribution in [0.4, 0.5) is 4.39 Å². The van der Waals surface area contributed by atoms with Crippen molar-refractivity contribution < 1.29 is 9.18 Å². The standard InChI is InChI=1S/C26H25FN4O/c27-21-7-4-6-18(16-21)17-29-26(32)20-13-11-19(12-14-20)24-30-23-10-5-15-28-25(23)31(24)22-8-2-1-3-9-22/h4-7,10-16,22H,1-3,8-9,17H2,(H,29,32). The highest BCUT2D eigenvalue weighted by atomic mass is 19.1. The molecule has 32 heavy (non-hydrogen) atoms. The average molecular weight is 429 g/mol. The number of hydrogen-bond donors (Lipinski definition) is 1. The van der Waals surface area contributed by atoms with Crippen LogP contribution in [0.2, 0.25) is 0 Å². The van der Waals surface area contributed by atoms with Gasteiger partial charge in [-0.25, -0.2) is 14.4 Å². The van der Waals surface area contributed by atoms with E-state index >= 15 is 0 Å². The van der Waals surface area contributed by atoms with Gasteiger partial charge in [-0.1, -0.05) is 43.5 Å². The molecule has 1 saturated carbocycles. The summed E-state index contributed by atoms with van der Waals surface area (Å²) >= 11 is 0. The minimum atomic E-state index is -0.309. The fourth-order valence-corrected chi connectivity index (χ4v) is 4.52. The van der Waals surface area contributed by atoms with Crippen molar-refractivity contribution >= 4 is 17.1 Å². The Kier molecular flexibility index (Phi) is 5.67. The molecule has 0 saturated heterocycles. The third-order valence-electron chi connectivity index (χ3n) is 6.14. The molecule has 5 nitrogen and oxygen atoms in total. The van der Waals surface area contributed by atoms with E-state index in [2.05, 4.69) is 14.9 Å². The fraction of sp³-hybridized carbons (Fsp3) is 0.269. The van der Waals surface area contributed by atoms with Gasteiger partial charge < -0.3 is 9.88 Å². The first kappa shape index (κ1) is 20.4. The number of carbonyl (C=O) groups is 1. The molecule has 0 atom stereocenters. The van der Waals surface area contributed by atoms with Crippen LogP contribution >= 0.6 is 0 Å². The Morgan fingerprint density at radius 1 is 1.03 bits per heavy atom. The molecule has 1 aliphatic rings. The number of pyridine rings is 1. The molecule has 1 amide bonds. The van der Waals surface area contributed by atoms with E-state index in [4.69, 9.17) is 4.98 Å². The van der Waals surface area contributed by atoms with Crippen LogP contribution in [-0.2, 0) is 6.54 Å². The largest absolute Gasteiger partial charge is 0.348 e. The van der Waals surface area contributed by atoms with Gasteiger partial charge in [0.05, 0.1) is 0 Å². The van der Waals surface area contributed by atoms with Crippen LogP contribution in [0.25, 0.3) is 22.6 Å². The summed E-state index contributed by atoms with van der Waals surface area (Å²) in [7, 11) is 0. The Bertz CT molecular complexity index is 1240. The number of aromatic nitrogens is 3. The lowest BCUT2D eigenvalue weighted by atomic mass is 9.95. The molecule has 2 aromatic heterocycles. The summed E-state index contributed by atoms with van der Waals surface area (Å²) in [6.07, 6.45) is 7.82. The number of rotatable bonds is 5. The lowest BCUT2D eigenvalue weighted by molar-refractivity contribution is 0.0951. The first-order valence-corrected chi connectivity index (χ1v) is 11.1. The Morgan fingerprint density at radius 2 is 1.84 bits per heavy atom. The normalized spacial score (nSPS) is 14.5. The van der Waals surface area contributed by atoms with Crippen LogP contribution in [0.15, 0.2) is 66.9 Å². The second-order valence-electron chi connectivity index (χ2n) is 8.33. The number of halogens is 1. The summed E-state index contributed by atoms with van der Waals surface area (Å²) in [6.45, 7) is 0.279. The molecular formula is C26H25FN4O. The molecule has 4 aromatic rings. The Labute approximate surface area is 186 Å². The second kappa shape index (κ2) is 8.91. The number of benzene rings is 2. The third kappa shape index (κ3) is 4.13. The molecule has 0 radical (unpaired) electrons. The maximum Gasteiger partial charge on any atom is 0.251 e. The van der Waals surface area contributed by atoms with Crippen molar-refractivity contribution in [2.45, 2.75) is 44.7 Å². The lowest BCUT2D eigenvalue weighted by Crippen LogP contribution is -2.22. The number of nitrogens with one attached hydrogen (secondary N) is 1. The monoisotopic (exact) mass is 428 g/mol. The van der Waals surface area contributed by atoms with Crippen molar-refractivity contribution in [3.63, 3.8) is 0 Å². The quantitative estimate of drug-likeness (QED) is 0.445. The molecule has 1 N–H and O–H groups in total. The van der Waals surface area contributed by atoms with Crippen molar-refractivity contribution in [1.82, 2.24) is 19.9 Å². The Morgan fingerprint density at radius 3 is 2.62 bits per heavy atom. The summed E-state index contributed by atoms with van der Waals surface area (Å²) in [5, 5.41) is 2.85. The summed E-state index contributed by atoms with van der Waals surface area (Å²) in [5.74, 6) is 0.400. The summed E-state index contributed by atoms with van der Waals surface area (Å²) in [4.78, 5) is 22.1. The van der Waals surface area contributed by atoms with Gasteiger partial charge >= 0.3 is 0 Å². The van der Waals surface area contributed by atoms with Crippen molar-refractivity contribution in [3.8, 4) is 11.4 Å². The average Bonchev–Trinajstić information content (AvgIpc) is 3.23. The summed E-state index contributed by atoms with van der Waals surface area (Å²) in [5.41, 5.74) is 4.07. The molecule has 2 heterocycles. The zero-order valence-corrected chi connectivity index (χ0v) is 17.8. The van der Waals surface area contributed by atoms with E-state index in [0.717, 1.165) is 41.0 Å². The molecule has 0 bridgehead atoms. The summed E-state index contributed by atoms with van der Waals surface area (Å²) < 4.78 is 15.6. The van der Waals surface area contributed by atoms with E-state index in [-0.39, 0.29) is 18.3 Å². The predicted molar refractivity (Wildman–Crippen MR) is 123 cm³/mol. The molecular weight excluding hydrogens is 403 g/mol. The molecule has 0 spiro atoms. The van der Waals surface area contributed by atoms with E-state index < -0.39 is 0 Å². The topological polar surface area (TPSA) is 59.8 Å². The molecule has 5 rings (SSSR count). The summed E-state index contributed by atoms with van der Waals surface area (Å²) in [6, 6.07) is 18.1. The maximum atomic E-state index is 13.3. The smallest absolute Gasteiger partial charge is 0.251 e.